The minimum atomic E-state index is -1.30. The summed E-state index contributed by atoms with van der Waals surface area (Å²) in [7, 11) is -1.34. The molecule has 6 nitrogen and oxygen atoms in total. The molecule has 29 heavy (non-hydrogen) atoms. The topological polar surface area (TPSA) is 55.4 Å². The average molecular weight is 444 g/mol. The van der Waals surface area contributed by atoms with Gasteiger partial charge in [-0.25, -0.2) is 0 Å². The molecule has 2 fully saturated rings. The first-order valence-electron chi connectivity index (χ1n) is 10.6. The Bertz CT molecular complexity index is 566. The molecule has 0 saturated carbocycles. The largest absolute Gasteiger partial charge is 0.464 e. The number of rotatable bonds is 11. The smallest absolute Gasteiger partial charge is 0.332 e. The summed E-state index contributed by atoms with van der Waals surface area (Å²) < 4.78 is 35.0. The quantitative estimate of drug-likeness (QED) is 0.298. The highest BCUT2D eigenvalue weighted by Crippen LogP contribution is 2.51. The molecule has 1 aromatic rings. The van der Waals surface area contributed by atoms with Gasteiger partial charge in [-0.1, -0.05) is 64.2 Å². The van der Waals surface area contributed by atoms with E-state index in [2.05, 4.69) is 13.8 Å². The van der Waals surface area contributed by atoms with Crippen molar-refractivity contribution in [3.05, 3.63) is 30.3 Å². The summed E-state index contributed by atoms with van der Waals surface area (Å²) in [6.07, 6.45) is 7.02. The van der Waals surface area contributed by atoms with Crippen molar-refractivity contribution in [2.45, 2.75) is 58.7 Å². The maximum atomic E-state index is 6.05. The van der Waals surface area contributed by atoms with Gasteiger partial charge in [-0.05, 0) is 24.5 Å². The van der Waals surface area contributed by atoms with Crippen LogP contribution in [0.2, 0.25) is 0 Å². The number of hydrogen-bond donors (Lipinski definition) is 0. The maximum Gasteiger partial charge on any atom is 0.332 e. The van der Waals surface area contributed by atoms with Crippen LogP contribution in [0.15, 0.2) is 30.3 Å². The third-order valence-corrected chi connectivity index (χ3v) is 6.74. The first-order chi connectivity index (χ1) is 14.2. The molecule has 164 valence electrons. The Kier molecular flexibility index (Phi) is 10.1. The van der Waals surface area contributed by atoms with E-state index in [1.165, 1.54) is 32.1 Å². The van der Waals surface area contributed by atoms with Crippen LogP contribution in [0.5, 0.6) is 5.75 Å². The minimum absolute atomic E-state index is 0.0383. The van der Waals surface area contributed by atoms with Crippen LogP contribution in [0.25, 0.3) is 0 Å². The Morgan fingerprint density at radius 1 is 1.03 bits per heavy atom. The Hall–Kier alpha value is -0.320. The van der Waals surface area contributed by atoms with Crippen molar-refractivity contribution in [2.75, 3.05) is 26.4 Å². The lowest BCUT2D eigenvalue weighted by Gasteiger charge is -2.44. The number of para-hydroxylation sites is 1. The summed E-state index contributed by atoms with van der Waals surface area (Å²) in [6, 6.07) is 9.67. The average Bonchev–Trinajstić information content (AvgIpc) is 2.74. The van der Waals surface area contributed by atoms with E-state index in [1.807, 2.05) is 30.3 Å². The van der Waals surface area contributed by atoms with Gasteiger partial charge in [0.1, 0.15) is 11.2 Å². The first kappa shape index (κ1) is 23.3. The third kappa shape index (κ3) is 7.70. The van der Waals surface area contributed by atoms with Crippen molar-refractivity contribution >= 4 is 17.6 Å². The lowest BCUT2D eigenvalue weighted by atomic mass is 9.90. The molecule has 2 aliphatic rings. The van der Waals surface area contributed by atoms with E-state index >= 15 is 0 Å². The summed E-state index contributed by atoms with van der Waals surface area (Å²) >= 11 is 0. The van der Waals surface area contributed by atoms with Crippen LogP contribution in [0.4, 0.5) is 0 Å². The number of benzene rings is 1. The molecule has 2 unspecified atom stereocenters. The molecule has 0 N–H and O–H groups in total. The standard InChI is InChI=1S/C21H34O6P2/c1-18(2)11-7-4-3-5-10-14-23-29-24-16-21(17-25-29)15-22-28-27-20(21)26-19-12-8-6-9-13-19/h6,8-9,12-13,18,20,28H,3-5,7,10-11,14-17H2,1-2H3. The van der Waals surface area contributed by atoms with Crippen molar-refractivity contribution in [2.24, 2.45) is 11.3 Å². The molecule has 0 aromatic heterocycles. The summed E-state index contributed by atoms with van der Waals surface area (Å²) in [5.41, 5.74) is -0.473. The minimum Gasteiger partial charge on any atom is -0.464 e. The molecule has 0 radical (unpaired) electrons. The highest BCUT2D eigenvalue weighted by molar-refractivity contribution is 7.41. The molecule has 3 rings (SSSR count). The van der Waals surface area contributed by atoms with E-state index in [9.17, 15) is 0 Å². The molecule has 2 atom stereocenters. The molecule has 1 aromatic carbocycles. The van der Waals surface area contributed by atoms with E-state index < -0.39 is 20.3 Å². The van der Waals surface area contributed by atoms with Crippen LogP contribution in [0.1, 0.15) is 52.4 Å². The zero-order valence-electron chi connectivity index (χ0n) is 17.5. The van der Waals surface area contributed by atoms with E-state index in [0.29, 0.717) is 26.4 Å². The molecule has 2 heterocycles. The van der Waals surface area contributed by atoms with Crippen molar-refractivity contribution < 1.29 is 27.4 Å². The van der Waals surface area contributed by atoms with Crippen LogP contribution in [0, 0.1) is 11.3 Å². The molecule has 2 saturated heterocycles. The van der Waals surface area contributed by atoms with Crippen molar-refractivity contribution in [3.8, 4) is 5.75 Å². The Balaban J connectivity index is 1.34. The second-order valence-electron chi connectivity index (χ2n) is 8.17. The van der Waals surface area contributed by atoms with Gasteiger partial charge >= 0.3 is 8.60 Å². The van der Waals surface area contributed by atoms with Gasteiger partial charge in [-0.15, -0.1) is 0 Å². The normalized spacial score (nSPS) is 28.2. The SMILES string of the molecule is CC(C)CCCCCCCOP1OCC2(COPOC2Oc2ccccc2)CO1. The van der Waals surface area contributed by atoms with Crippen LogP contribution < -0.4 is 4.74 Å². The van der Waals surface area contributed by atoms with Crippen LogP contribution in [0.3, 0.4) is 0 Å². The fourth-order valence-electron chi connectivity index (χ4n) is 3.28. The molecule has 8 heteroatoms. The fraction of sp³-hybridized carbons (Fsp3) is 0.714. The van der Waals surface area contributed by atoms with E-state index in [1.54, 1.807) is 0 Å². The molecular formula is C21H34O6P2. The summed E-state index contributed by atoms with van der Waals surface area (Å²) in [5, 5.41) is 0. The summed E-state index contributed by atoms with van der Waals surface area (Å²) in [4.78, 5) is 0. The van der Waals surface area contributed by atoms with Gasteiger partial charge in [0.25, 0.3) is 0 Å². The van der Waals surface area contributed by atoms with Gasteiger partial charge in [0.05, 0.1) is 26.4 Å². The van der Waals surface area contributed by atoms with Crippen molar-refractivity contribution in [1.82, 2.24) is 0 Å². The highest BCUT2D eigenvalue weighted by atomic mass is 31.2. The number of unbranched alkanes of at least 4 members (excludes halogenated alkanes) is 4. The van der Waals surface area contributed by atoms with E-state index in [4.69, 9.17) is 27.4 Å². The van der Waals surface area contributed by atoms with Gasteiger partial charge in [0, 0.05) is 0 Å². The van der Waals surface area contributed by atoms with Crippen molar-refractivity contribution in [1.29, 1.82) is 0 Å². The lowest BCUT2D eigenvalue weighted by Crippen LogP contribution is -2.53. The van der Waals surface area contributed by atoms with Crippen LogP contribution in [-0.4, -0.2) is 32.7 Å². The predicted molar refractivity (Wildman–Crippen MR) is 116 cm³/mol. The Labute approximate surface area is 177 Å². The van der Waals surface area contributed by atoms with Crippen LogP contribution >= 0.6 is 17.6 Å². The second-order valence-corrected chi connectivity index (χ2v) is 10.1. The van der Waals surface area contributed by atoms with Crippen LogP contribution in [-0.2, 0) is 22.6 Å². The first-order valence-corrected chi connectivity index (χ1v) is 12.5. The molecule has 0 aliphatic carbocycles. The number of hydrogen-bond acceptors (Lipinski definition) is 6. The van der Waals surface area contributed by atoms with Gasteiger partial charge in [0.15, 0.2) is 9.03 Å². The molecule has 1 spiro atoms. The van der Waals surface area contributed by atoms with Crippen molar-refractivity contribution in [3.63, 3.8) is 0 Å². The zero-order chi connectivity index (χ0) is 20.4. The van der Waals surface area contributed by atoms with Gasteiger partial charge in [-0.3, -0.25) is 4.52 Å². The zero-order valence-corrected chi connectivity index (χ0v) is 19.4. The van der Waals surface area contributed by atoms with E-state index in [0.717, 1.165) is 18.1 Å². The predicted octanol–water partition coefficient (Wildman–Crippen LogP) is 6.22. The van der Waals surface area contributed by atoms with Gasteiger partial charge in [-0.2, -0.15) is 0 Å². The summed E-state index contributed by atoms with van der Waals surface area (Å²) in [5.74, 6) is 1.57. The second kappa shape index (κ2) is 12.5. The highest BCUT2D eigenvalue weighted by Gasteiger charge is 2.50. The van der Waals surface area contributed by atoms with Gasteiger partial charge in [0.2, 0.25) is 6.29 Å². The lowest BCUT2D eigenvalue weighted by molar-refractivity contribution is -0.177. The molecular weight excluding hydrogens is 410 g/mol. The third-order valence-electron chi connectivity index (χ3n) is 5.10. The summed E-state index contributed by atoms with van der Waals surface area (Å²) in [6.45, 7) is 6.62. The molecule has 0 amide bonds. The van der Waals surface area contributed by atoms with E-state index in [-0.39, 0.29) is 9.03 Å². The number of ether oxygens (including phenoxy) is 1. The molecule has 2 aliphatic heterocycles. The van der Waals surface area contributed by atoms with Gasteiger partial charge < -0.3 is 22.8 Å². The fourth-order valence-corrected chi connectivity index (χ4v) is 5.30. The Morgan fingerprint density at radius 2 is 1.76 bits per heavy atom. The Morgan fingerprint density at radius 3 is 2.52 bits per heavy atom. The molecule has 0 bridgehead atoms. The monoisotopic (exact) mass is 444 g/mol. The maximum absolute atomic E-state index is 6.05.